The first kappa shape index (κ1) is 13.4. The van der Waals surface area contributed by atoms with Crippen molar-refractivity contribution in [1.82, 2.24) is 0 Å². The molecule has 1 heterocycles. The van der Waals surface area contributed by atoms with Crippen molar-refractivity contribution in [3.05, 3.63) is 73.1 Å². The van der Waals surface area contributed by atoms with Crippen molar-refractivity contribution in [1.29, 1.82) is 0 Å². The summed E-state index contributed by atoms with van der Waals surface area (Å²) in [5.74, 6) is 0. The summed E-state index contributed by atoms with van der Waals surface area (Å²) in [6, 6.07) is 0. The van der Waals surface area contributed by atoms with E-state index in [1.165, 1.54) is 12.5 Å². The summed E-state index contributed by atoms with van der Waals surface area (Å²) in [6.45, 7) is 0. The lowest BCUT2D eigenvalue weighted by Gasteiger charge is -1.87. The summed E-state index contributed by atoms with van der Waals surface area (Å²) in [6.07, 6.45) is 23.0. The summed E-state index contributed by atoms with van der Waals surface area (Å²) >= 11 is 0. The van der Waals surface area contributed by atoms with Crippen LogP contribution in [0, 0.1) is 0 Å². The zero-order chi connectivity index (χ0) is 12.7. The van der Waals surface area contributed by atoms with Crippen LogP contribution in [0.25, 0.3) is 0 Å². The van der Waals surface area contributed by atoms with Gasteiger partial charge in [0, 0.05) is 0 Å². The van der Waals surface area contributed by atoms with Crippen molar-refractivity contribution >= 4 is 6.21 Å². The lowest BCUT2D eigenvalue weighted by Crippen LogP contribution is -1.74. The van der Waals surface area contributed by atoms with Crippen molar-refractivity contribution < 1.29 is 9.88 Å². The standard InChI is InChI=1S/C13H13N3O2/c1-2-4-6-8-10-12-14-15-16-18-17-13-11-9-7-5-3-1/h1-13H/b2-1-,5-3+,6-4+,9-7-,10-8+,13-11-,14-12-,16-15+. The number of hydrogen-bond donors (Lipinski definition) is 0. The molecule has 5 nitrogen and oxygen atoms in total. The predicted molar refractivity (Wildman–Crippen MR) is 70.4 cm³/mol. The molecular weight excluding hydrogens is 230 g/mol. The van der Waals surface area contributed by atoms with Crippen LogP contribution in [0.4, 0.5) is 0 Å². The van der Waals surface area contributed by atoms with Gasteiger partial charge in [-0.1, -0.05) is 54.7 Å². The first-order valence-electron chi connectivity index (χ1n) is 5.24. The quantitative estimate of drug-likeness (QED) is 0.610. The van der Waals surface area contributed by atoms with Gasteiger partial charge in [-0.2, -0.15) is 0 Å². The molecule has 0 saturated carbocycles. The molecule has 0 unspecified atom stereocenters. The largest absolute Gasteiger partial charge is 0.274 e. The van der Waals surface area contributed by atoms with Gasteiger partial charge >= 0.3 is 0 Å². The number of allylic oxidation sites excluding steroid dienone is 11. The lowest BCUT2D eigenvalue weighted by atomic mass is 10.3. The summed E-state index contributed by atoms with van der Waals surface area (Å²) in [5.41, 5.74) is 0. The molecule has 0 amide bonds. The van der Waals surface area contributed by atoms with Crippen molar-refractivity contribution in [2.45, 2.75) is 0 Å². The number of hydrogen-bond acceptors (Lipinski definition) is 5. The van der Waals surface area contributed by atoms with Gasteiger partial charge in [-0.25, -0.2) is 0 Å². The lowest BCUT2D eigenvalue weighted by molar-refractivity contribution is -0.257. The normalized spacial score (nSPS) is 30.2. The smallest absolute Gasteiger partial charge is 0.145 e. The molecule has 5 heteroatoms. The van der Waals surface area contributed by atoms with Crippen LogP contribution in [-0.4, -0.2) is 6.21 Å². The maximum absolute atomic E-state index is 4.55. The Morgan fingerprint density at radius 2 is 1.17 bits per heavy atom. The van der Waals surface area contributed by atoms with Crippen LogP contribution in [0.3, 0.4) is 0 Å². The molecule has 18 heavy (non-hydrogen) atoms. The van der Waals surface area contributed by atoms with Gasteiger partial charge in [0.1, 0.15) is 6.26 Å². The molecule has 1 aliphatic rings. The van der Waals surface area contributed by atoms with Gasteiger partial charge in [-0.3, -0.25) is 4.89 Å². The molecule has 0 radical (unpaired) electrons. The molecule has 0 aromatic heterocycles. The molecule has 0 aromatic carbocycles. The van der Waals surface area contributed by atoms with E-state index in [1.54, 1.807) is 18.2 Å². The van der Waals surface area contributed by atoms with Crippen LogP contribution in [0.1, 0.15) is 0 Å². The summed E-state index contributed by atoms with van der Waals surface area (Å²) in [4.78, 5) is 8.88. The van der Waals surface area contributed by atoms with Crippen LogP contribution in [0.2, 0.25) is 0 Å². The van der Waals surface area contributed by atoms with E-state index >= 15 is 0 Å². The first-order valence-corrected chi connectivity index (χ1v) is 5.24. The van der Waals surface area contributed by atoms with Gasteiger partial charge in [0.05, 0.1) is 11.5 Å². The highest BCUT2D eigenvalue weighted by Crippen LogP contribution is 1.88. The number of nitrogens with zero attached hydrogens (tertiary/aromatic N) is 3. The summed E-state index contributed by atoms with van der Waals surface area (Å²) in [7, 11) is 0. The van der Waals surface area contributed by atoms with E-state index in [9.17, 15) is 0 Å². The van der Waals surface area contributed by atoms with Crippen LogP contribution in [0.15, 0.2) is 88.7 Å². The Kier molecular flexibility index (Phi) is 8.04. The Labute approximate surface area is 105 Å². The van der Waals surface area contributed by atoms with Crippen molar-refractivity contribution in [2.24, 2.45) is 15.6 Å². The third kappa shape index (κ3) is 8.60. The maximum Gasteiger partial charge on any atom is 0.145 e. The topological polar surface area (TPSA) is 55.5 Å². The van der Waals surface area contributed by atoms with E-state index in [1.807, 2.05) is 48.6 Å². The minimum atomic E-state index is 1.33. The van der Waals surface area contributed by atoms with E-state index in [-0.39, 0.29) is 0 Å². The second-order valence-corrected chi connectivity index (χ2v) is 2.86. The average Bonchev–Trinajstić information content (AvgIpc) is 2.39. The zero-order valence-electron chi connectivity index (χ0n) is 9.66. The van der Waals surface area contributed by atoms with Crippen molar-refractivity contribution in [2.75, 3.05) is 0 Å². The fourth-order valence-electron chi connectivity index (χ4n) is 0.853. The molecule has 0 bridgehead atoms. The van der Waals surface area contributed by atoms with Crippen molar-refractivity contribution in [3.8, 4) is 0 Å². The van der Waals surface area contributed by atoms with Gasteiger partial charge in [-0.05, 0) is 17.4 Å². The highest BCUT2D eigenvalue weighted by atomic mass is 17.3. The molecule has 0 saturated heterocycles. The van der Waals surface area contributed by atoms with Crippen LogP contribution >= 0.6 is 0 Å². The SMILES string of the molecule is C1=C\C=C\C=C/C=C/C=C/C=N\N=N\OO\C=C/1. The molecule has 0 spiro atoms. The van der Waals surface area contributed by atoms with Crippen molar-refractivity contribution in [3.63, 3.8) is 0 Å². The second kappa shape index (κ2) is 10.8. The second-order valence-electron chi connectivity index (χ2n) is 2.86. The van der Waals surface area contributed by atoms with Gasteiger partial charge in [0.15, 0.2) is 0 Å². The average molecular weight is 243 g/mol. The van der Waals surface area contributed by atoms with E-state index in [2.05, 4.69) is 25.5 Å². The summed E-state index contributed by atoms with van der Waals surface area (Å²) < 4.78 is 0. The fraction of sp³-hybridized carbons (Fsp3) is 0. The third-order valence-electron chi connectivity index (χ3n) is 1.56. The molecule has 0 aliphatic carbocycles. The van der Waals surface area contributed by atoms with E-state index in [0.29, 0.717) is 0 Å². The molecule has 1 aliphatic heterocycles. The molecular formula is C13H13N3O2. The monoisotopic (exact) mass is 243 g/mol. The minimum absolute atomic E-state index is 1.33. The van der Waals surface area contributed by atoms with Gasteiger partial charge in [0.2, 0.25) is 0 Å². The van der Waals surface area contributed by atoms with E-state index in [4.69, 9.17) is 0 Å². The van der Waals surface area contributed by atoms with E-state index in [0.717, 1.165) is 0 Å². The maximum atomic E-state index is 4.55. The Hall–Kier alpha value is -2.69. The van der Waals surface area contributed by atoms with Gasteiger partial charge in [-0.15, -0.1) is 10.1 Å². The van der Waals surface area contributed by atoms with E-state index < -0.39 is 0 Å². The van der Waals surface area contributed by atoms with Gasteiger partial charge < -0.3 is 0 Å². The zero-order valence-corrected chi connectivity index (χ0v) is 9.66. The highest BCUT2D eigenvalue weighted by Gasteiger charge is 1.73. The molecule has 0 N–H and O–H groups in total. The molecule has 0 atom stereocenters. The molecule has 0 aromatic rings. The molecule has 0 fully saturated rings. The Bertz CT molecular complexity index is 399. The first-order chi connectivity index (χ1) is 9.00. The Morgan fingerprint density at radius 1 is 0.611 bits per heavy atom. The minimum Gasteiger partial charge on any atom is -0.274 e. The Morgan fingerprint density at radius 3 is 1.83 bits per heavy atom. The van der Waals surface area contributed by atoms with Crippen LogP contribution in [0.5, 0.6) is 0 Å². The number of rotatable bonds is 0. The third-order valence-corrected chi connectivity index (χ3v) is 1.56. The Balaban J connectivity index is 2.58. The summed E-state index contributed by atoms with van der Waals surface area (Å²) in [5, 5.41) is 10.1. The fourth-order valence-corrected chi connectivity index (χ4v) is 0.853. The van der Waals surface area contributed by atoms with Crippen LogP contribution < -0.4 is 0 Å². The van der Waals surface area contributed by atoms with Crippen LogP contribution in [-0.2, 0) is 9.88 Å². The highest BCUT2D eigenvalue weighted by molar-refractivity contribution is 5.71. The molecule has 1 rings (SSSR count). The molecule has 92 valence electrons. The predicted octanol–water partition coefficient (Wildman–Crippen LogP) is 3.60. The van der Waals surface area contributed by atoms with Gasteiger partial charge in [0.25, 0.3) is 0 Å².